The minimum atomic E-state index is -0.440. The van der Waals surface area contributed by atoms with Gasteiger partial charge in [-0.15, -0.1) is 0 Å². The van der Waals surface area contributed by atoms with Gasteiger partial charge in [-0.3, -0.25) is 10.1 Å². The molecule has 0 aliphatic carbocycles. The predicted molar refractivity (Wildman–Crippen MR) is 82.7 cm³/mol. The van der Waals surface area contributed by atoms with Crippen LogP contribution < -0.4 is 4.85 Å². The van der Waals surface area contributed by atoms with Gasteiger partial charge in [-0.05, 0) is 29.8 Å². The third kappa shape index (κ3) is 2.76. The highest BCUT2D eigenvalue weighted by Crippen LogP contribution is 2.18. The van der Waals surface area contributed by atoms with E-state index < -0.39 is 4.92 Å². The van der Waals surface area contributed by atoms with Gasteiger partial charge in [0.1, 0.15) is 5.52 Å². The summed E-state index contributed by atoms with van der Waals surface area (Å²) in [5.74, 6) is 0. The Morgan fingerprint density at radius 2 is 1.77 bits per heavy atom. The first-order valence-electron chi connectivity index (χ1n) is 6.55. The van der Waals surface area contributed by atoms with E-state index >= 15 is 0 Å². The lowest BCUT2D eigenvalue weighted by atomic mass is 10.1. The van der Waals surface area contributed by atoms with E-state index in [1.54, 1.807) is 30.4 Å². The van der Waals surface area contributed by atoms with Crippen LogP contribution in [0.15, 0.2) is 54.7 Å². The summed E-state index contributed by atoms with van der Waals surface area (Å²) in [7, 11) is 0. The molecule has 22 heavy (non-hydrogen) atoms. The average Bonchev–Trinajstić information content (AvgIpc) is 2.52. The van der Waals surface area contributed by atoms with Crippen LogP contribution in [0, 0.1) is 15.3 Å². The summed E-state index contributed by atoms with van der Waals surface area (Å²) in [6.07, 6.45) is 4.98. The van der Waals surface area contributed by atoms with Crippen molar-refractivity contribution in [1.82, 2.24) is 5.10 Å². The highest BCUT2D eigenvalue weighted by Gasteiger charge is 2.06. The Balaban J connectivity index is 1.97. The van der Waals surface area contributed by atoms with Crippen LogP contribution in [0.25, 0.3) is 23.1 Å². The van der Waals surface area contributed by atoms with Crippen molar-refractivity contribution >= 4 is 28.7 Å². The lowest BCUT2D eigenvalue weighted by molar-refractivity contribution is -0.666. The molecule has 0 saturated carbocycles. The van der Waals surface area contributed by atoms with Gasteiger partial charge >= 0.3 is 0 Å². The van der Waals surface area contributed by atoms with Gasteiger partial charge in [-0.2, -0.15) is 0 Å². The van der Waals surface area contributed by atoms with Crippen molar-refractivity contribution in [3.05, 3.63) is 81.2 Å². The zero-order valence-electron chi connectivity index (χ0n) is 11.4. The van der Waals surface area contributed by atoms with Crippen LogP contribution in [0.5, 0.6) is 0 Å². The predicted octanol–water partition coefficient (Wildman–Crippen LogP) is 2.95. The summed E-state index contributed by atoms with van der Waals surface area (Å²) in [6.45, 7) is 0. The minimum absolute atomic E-state index is 0.0453. The van der Waals surface area contributed by atoms with E-state index in [1.165, 1.54) is 18.3 Å². The third-order valence-electron chi connectivity index (χ3n) is 3.23. The topological polar surface area (TPSA) is 83.0 Å². The van der Waals surface area contributed by atoms with E-state index in [9.17, 15) is 15.3 Å². The van der Waals surface area contributed by atoms with Gasteiger partial charge < -0.3 is 5.21 Å². The molecule has 6 heteroatoms. The molecule has 0 bridgehead atoms. The molecule has 0 aliphatic rings. The second kappa shape index (κ2) is 5.61. The monoisotopic (exact) mass is 293 g/mol. The molecule has 3 rings (SSSR count). The summed E-state index contributed by atoms with van der Waals surface area (Å²) < 4.78 is 0. The minimum Gasteiger partial charge on any atom is -0.594 e. The first-order valence-corrected chi connectivity index (χ1v) is 6.55. The maximum absolute atomic E-state index is 11.5. The molecule has 6 nitrogen and oxygen atoms in total. The van der Waals surface area contributed by atoms with Crippen molar-refractivity contribution in [2.24, 2.45) is 0 Å². The maximum Gasteiger partial charge on any atom is 0.269 e. The van der Waals surface area contributed by atoms with Crippen molar-refractivity contribution in [3.63, 3.8) is 0 Å². The average molecular weight is 293 g/mol. The van der Waals surface area contributed by atoms with E-state index in [2.05, 4.69) is 5.10 Å². The molecule has 0 N–H and O–H groups in total. The first kappa shape index (κ1) is 13.7. The second-order valence-electron chi connectivity index (χ2n) is 4.69. The van der Waals surface area contributed by atoms with E-state index in [-0.39, 0.29) is 5.69 Å². The number of nitrogens with zero attached hydrogens (tertiary/aromatic N) is 3. The van der Waals surface area contributed by atoms with Gasteiger partial charge in [0.25, 0.3) is 5.69 Å². The lowest BCUT2D eigenvalue weighted by Gasteiger charge is -2.01. The van der Waals surface area contributed by atoms with Crippen molar-refractivity contribution in [2.75, 3.05) is 0 Å². The van der Waals surface area contributed by atoms with Gasteiger partial charge in [-0.25, -0.2) is 0 Å². The molecule has 0 fully saturated rings. The van der Waals surface area contributed by atoms with Gasteiger partial charge in [0, 0.05) is 22.6 Å². The summed E-state index contributed by atoms with van der Waals surface area (Å²) in [6, 6.07) is 13.6. The number of aromatic nitrogens is 2. The van der Waals surface area contributed by atoms with Crippen molar-refractivity contribution in [1.29, 1.82) is 0 Å². The van der Waals surface area contributed by atoms with Gasteiger partial charge in [0.15, 0.2) is 0 Å². The van der Waals surface area contributed by atoms with E-state index in [0.717, 1.165) is 16.5 Å². The molecule has 3 aromatic rings. The summed E-state index contributed by atoms with van der Waals surface area (Å²) in [5, 5.41) is 26.9. The second-order valence-corrected chi connectivity index (χ2v) is 4.69. The van der Waals surface area contributed by atoms with Gasteiger partial charge in [0.05, 0.1) is 10.5 Å². The Labute approximate surface area is 125 Å². The van der Waals surface area contributed by atoms with Crippen LogP contribution >= 0.6 is 0 Å². The SMILES string of the molecule is O=[N+]([O-])c1ccc(/C=C/c2c[n+]([O-])nc3ccccc23)cc1. The molecular formula is C16H11N3O3. The van der Waals surface area contributed by atoms with Crippen LogP contribution in [-0.4, -0.2) is 10.0 Å². The van der Waals surface area contributed by atoms with Crippen LogP contribution in [0.2, 0.25) is 0 Å². The lowest BCUT2D eigenvalue weighted by Crippen LogP contribution is -2.30. The summed E-state index contributed by atoms with van der Waals surface area (Å²) >= 11 is 0. The maximum atomic E-state index is 11.5. The Hall–Kier alpha value is -3.28. The number of nitro benzene ring substituents is 1. The molecule has 0 spiro atoms. The van der Waals surface area contributed by atoms with E-state index in [0.29, 0.717) is 10.4 Å². The molecule has 0 unspecified atom stereocenters. The molecule has 0 amide bonds. The number of nitro groups is 1. The Morgan fingerprint density at radius 3 is 2.50 bits per heavy atom. The highest BCUT2D eigenvalue weighted by atomic mass is 16.6. The van der Waals surface area contributed by atoms with Crippen LogP contribution in [0.1, 0.15) is 11.1 Å². The number of rotatable bonds is 3. The number of hydrogen-bond donors (Lipinski definition) is 0. The molecule has 0 radical (unpaired) electrons. The van der Waals surface area contributed by atoms with E-state index in [1.807, 2.05) is 18.2 Å². The molecule has 2 aromatic carbocycles. The standard InChI is InChI=1S/C16H11N3O3/c20-18-11-13(15-3-1-2-4-16(15)17-18)8-5-12-6-9-14(10-7-12)19(21)22/h1-11H/b8-5+. The molecular weight excluding hydrogens is 282 g/mol. The fourth-order valence-corrected chi connectivity index (χ4v) is 2.15. The zero-order valence-corrected chi connectivity index (χ0v) is 11.4. The largest absolute Gasteiger partial charge is 0.594 e. The van der Waals surface area contributed by atoms with Crippen molar-refractivity contribution in [3.8, 4) is 0 Å². The van der Waals surface area contributed by atoms with Crippen LogP contribution in [-0.2, 0) is 0 Å². The Kier molecular flexibility index (Phi) is 3.49. The van der Waals surface area contributed by atoms with Gasteiger partial charge in [0.2, 0.25) is 6.20 Å². The molecule has 1 aromatic heterocycles. The first-order chi connectivity index (χ1) is 10.6. The van der Waals surface area contributed by atoms with Crippen molar-refractivity contribution < 1.29 is 9.77 Å². The molecule has 0 saturated heterocycles. The molecule has 0 aliphatic heterocycles. The quantitative estimate of drug-likeness (QED) is 0.322. The number of non-ortho nitro benzene ring substituents is 1. The molecule has 108 valence electrons. The smallest absolute Gasteiger partial charge is 0.269 e. The van der Waals surface area contributed by atoms with Crippen LogP contribution in [0.4, 0.5) is 5.69 Å². The van der Waals surface area contributed by atoms with Crippen molar-refractivity contribution in [2.45, 2.75) is 0 Å². The number of hydrogen-bond acceptors (Lipinski definition) is 4. The normalized spacial score (nSPS) is 11.1. The fourth-order valence-electron chi connectivity index (χ4n) is 2.15. The summed E-state index contributed by atoms with van der Waals surface area (Å²) in [4.78, 5) is 10.7. The Morgan fingerprint density at radius 1 is 1.05 bits per heavy atom. The Bertz CT molecular complexity index is 873. The third-order valence-corrected chi connectivity index (χ3v) is 3.23. The zero-order chi connectivity index (χ0) is 15.5. The van der Waals surface area contributed by atoms with Crippen LogP contribution in [0.3, 0.4) is 0 Å². The number of fused-ring (bicyclic) bond motifs is 1. The molecule has 0 atom stereocenters. The molecule has 1 heterocycles. The summed E-state index contributed by atoms with van der Waals surface area (Å²) in [5.41, 5.74) is 2.20. The van der Waals surface area contributed by atoms with Gasteiger partial charge in [-0.1, -0.05) is 29.1 Å². The fraction of sp³-hybridized carbons (Fsp3) is 0. The highest BCUT2D eigenvalue weighted by molar-refractivity contribution is 5.89. The number of benzene rings is 2. The van der Waals surface area contributed by atoms with E-state index in [4.69, 9.17) is 0 Å².